The Labute approximate surface area is 149 Å². The summed E-state index contributed by atoms with van der Waals surface area (Å²) in [6.07, 6.45) is 3.04. The van der Waals surface area contributed by atoms with Crippen molar-refractivity contribution < 1.29 is 19.0 Å². The van der Waals surface area contributed by atoms with Crippen LogP contribution in [-0.2, 0) is 9.53 Å². The van der Waals surface area contributed by atoms with Crippen LogP contribution in [0.15, 0.2) is 54.6 Å². The van der Waals surface area contributed by atoms with E-state index in [9.17, 15) is 4.79 Å². The Morgan fingerprint density at radius 1 is 1.08 bits per heavy atom. The van der Waals surface area contributed by atoms with Crippen LogP contribution in [0.5, 0.6) is 11.5 Å². The maximum atomic E-state index is 11.7. The molecule has 0 spiro atoms. The van der Waals surface area contributed by atoms with Crippen LogP contribution in [0.2, 0.25) is 0 Å². The molecule has 0 radical (unpaired) electrons. The van der Waals surface area contributed by atoms with Gasteiger partial charge < -0.3 is 14.2 Å². The van der Waals surface area contributed by atoms with Crippen LogP contribution in [0.3, 0.4) is 0 Å². The second-order valence-corrected chi connectivity index (χ2v) is 6.11. The van der Waals surface area contributed by atoms with Crippen LogP contribution < -0.4 is 9.47 Å². The largest absolute Gasteiger partial charge is 0.497 e. The Balaban J connectivity index is 1.42. The van der Waals surface area contributed by atoms with Gasteiger partial charge in [0.05, 0.1) is 17.3 Å². The number of para-hydroxylation sites is 1. The average molecular weight is 355 g/mol. The highest BCUT2D eigenvalue weighted by Crippen LogP contribution is 2.22. The third-order valence-corrected chi connectivity index (χ3v) is 4.33. The summed E-state index contributed by atoms with van der Waals surface area (Å²) >= 11 is 1.53. The first kappa shape index (κ1) is 17.0. The van der Waals surface area contributed by atoms with Gasteiger partial charge in [0.2, 0.25) is 0 Å². The zero-order chi connectivity index (χ0) is 17.5. The van der Waals surface area contributed by atoms with Crippen molar-refractivity contribution in [2.75, 3.05) is 20.3 Å². The van der Waals surface area contributed by atoms with Crippen molar-refractivity contribution in [2.24, 2.45) is 0 Å². The molecular weight excluding hydrogens is 338 g/mol. The van der Waals surface area contributed by atoms with Crippen LogP contribution in [0.4, 0.5) is 0 Å². The van der Waals surface area contributed by atoms with E-state index in [-0.39, 0.29) is 13.2 Å². The lowest BCUT2D eigenvalue weighted by Gasteiger charge is -2.07. The van der Waals surface area contributed by atoms with Gasteiger partial charge in [0, 0.05) is 6.08 Å². The maximum Gasteiger partial charge on any atom is 0.330 e. The second-order valence-electron chi connectivity index (χ2n) is 5.04. The van der Waals surface area contributed by atoms with Crippen molar-refractivity contribution >= 4 is 33.6 Å². The lowest BCUT2D eigenvalue weighted by molar-refractivity contribution is -0.138. The van der Waals surface area contributed by atoms with E-state index in [0.717, 1.165) is 21.0 Å². The molecular formula is C19H17NO4S. The molecule has 1 heterocycles. The average Bonchev–Trinajstić information content (AvgIpc) is 3.07. The highest BCUT2D eigenvalue weighted by atomic mass is 32.1. The molecule has 0 fully saturated rings. The molecule has 0 N–H and O–H groups in total. The Kier molecular flexibility index (Phi) is 5.64. The number of methoxy groups -OCH3 is 1. The molecule has 0 aliphatic heterocycles. The van der Waals surface area contributed by atoms with Crippen molar-refractivity contribution in [2.45, 2.75) is 0 Å². The molecule has 1 aromatic heterocycles. The van der Waals surface area contributed by atoms with Crippen molar-refractivity contribution in [3.63, 3.8) is 0 Å². The summed E-state index contributed by atoms with van der Waals surface area (Å²) in [5.74, 6) is 1.04. The van der Waals surface area contributed by atoms with E-state index in [1.807, 2.05) is 36.4 Å². The highest BCUT2D eigenvalue weighted by Gasteiger charge is 2.02. The molecule has 0 amide bonds. The molecule has 3 rings (SSSR count). The van der Waals surface area contributed by atoms with Gasteiger partial charge in [0.15, 0.2) is 0 Å². The fraction of sp³-hybridized carbons (Fsp3) is 0.158. The highest BCUT2D eigenvalue weighted by molar-refractivity contribution is 7.19. The van der Waals surface area contributed by atoms with E-state index >= 15 is 0 Å². The van der Waals surface area contributed by atoms with Crippen LogP contribution in [0, 0.1) is 0 Å². The van der Waals surface area contributed by atoms with Crippen LogP contribution in [0.1, 0.15) is 5.01 Å². The zero-order valence-corrected chi connectivity index (χ0v) is 14.5. The monoisotopic (exact) mass is 355 g/mol. The predicted molar refractivity (Wildman–Crippen MR) is 98.1 cm³/mol. The number of rotatable bonds is 7. The first-order valence-corrected chi connectivity index (χ1v) is 8.53. The SMILES string of the molecule is COc1ccc(OCCOC(=O)C=Cc2nc3ccccc3s2)cc1. The van der Waals surface area contributed by atoms with E-state index in [4.69, 9.17) is 14.2 Å². The van der Waals surface area contributed by atoms with Crippen molar-refractivity contribution in [3.8, 4) is 11.5 Å². The predicted octanol–water partition coefficient (Wildman–Crippen LogP) is 3.94. The first-order chi connectivity index (χ1) is 12.2. The number of esters is 1. The summed E-state index contributed by atoms with van der Waals surface area (Å²) in [5.41, 5.74) is 0.924. The van der Waals surface area contributed by atoms with E-state index in [0.29, 0.717) is 5.75 Å². The molecule has 5 nitrogen and oxygen atoms in total. The summed E-state index contributed by atoms with van der Waals surface area (Å²) in [6.45, 7) is 0.460. The summed E-state index contributed by atoms with van der Waals surface area (Å²) in [7, 11) is 1.61. The number of fused-ring (bicyclic) bond motifs is 1. The molecule has 0 saturated heterocycles. The summed E-state index contributed by atoms with van der Waals surface area (Å²) in [6, 6.07) is 15.1. The molecule has 0 unspecified atom stereocenters. The van der Waals surface area contributed by atoms with Crippen molar-refractivity contribution in [1.82, 2.24) is 4.98 Å². The Morgan fingerprint density at radius 3 is 2.60 bits per heavy atom. The number of aromatic nitrogens is 1. The molecule has 0 aliphatic rings. The van der Waals surface area contributed by atoms with E-state index < -0.39 is 5.97 Å². The molecule has 0 saturated carbocycles. The van der Waals surface area contributed by atoms with Gasteiger partial charge in [0.1, 0.15) is 29.7 Å². The van der Waals surface area contributed by atoms with Gasteiger partial charge in [-0.2, -0.15) is 0 Å². The van der Waals surface area contributed by atoms with Crippen LogP contribution in [-0.4, -0.2) is 31.3 Å². The molecule has 6 heteroatoms. The van der Waals surface area contributed by atoms with Crippen molar-refractivity contribution in [3.05, 3.63) is 59.6 Å². The molecule has 0 atom stereocenters. The van der Waals surface area contributed by atoms with Gasteiger partial charge in [-0.3, -0.25) is 0 Å². The minimum Gasteiger partial charge on any atom is -0.497 e. The number of carbonyl (C=O) groups excluding carboxylic acids is 1. The smallest absolute Gasteiger partial charge is 0.330 e. The number of nitrogens with zero attached hydrogens (tertiary/aromatic N) is 1. The molecule has 128 valence electrons. The number of carbonyl (C=O) groups is 1. The first-order valence-electron chi connectivity index (χ1n) is 7.72. The Hall–Kier alpha value is -2.86. The normalized spacial score (nSPS) is 10.9. The molecule has 3 aromatic rings. The molecule has 2 aromatic carbocycles. The minimum atomic E-state index is -0.419. The quantitative estimate of drug-likeness (QED) is 0.365. The van der Waals surface area contributed by atoms with Gasteiger partial charge in [0.25, 0.3) is 0 Å². The van der Waals surface area contributed by atoms with Gasteiger partial charge in [-0.05, 0) is 42.5 Å². The molecule has 25 heavy (non-hydrogen) atoms. The maximum absolute atomic E-state index is 11.7. The third-order valence-electron chi connectivity index (χ3n) is 3.33. The number of ether oxygens (including phenoxy) is 3. The number of hydrogen-bond acceptors (Lipinski definition) is 6. The molecule has 0 aliphatic carbocycles. The number of hydrogen-bond donors (Lipinski definition) is 0. The van der Waals surface area contributed by atoms with Crippen LogP contribution in [0.25, 0.3) is 16.3 Å². The van der Waals surface area contributed by atoms with Crippen LogP contribution >= 0.6 is 11.3 Å². The Morgan fingerprint density at radius 2 is 1.84 bits per heavy atom. The minimum absolute atomic E-state index is 0.176. The fourth-order valence-electron chi connectivity index (χ4n) is 2.12. The molecule has 0 bridgehead atoms. The topological polar surface area (TPSA) is 57.7 Å². The fourth-order valence-corrected chi connectivity index (χ4v) is 2.99. The summed E-state index contributed by atoms with van der Waals surface area (Å²) < 4.78 is 16.8. The number of thiazole rings is 1. The standard InChI is InChI=1S/C19H17NO4S/c1-22-14-6-8-15(9-7-14)23-12-13-24-19(21)11-10-18-20-16-4-2-3-5-17(16)25-18/h2-11H,12-13H2,1H3. The number of benzene rings is 2. The van der Waals surface area contributed by atoms with E-state index in [2.05, 4.69) is 4.98 Å². The lowest BCUT2D eigenvalue weighted by atomic mass is 10.3. The van der Waals surface area contributed by atoms with Gasteiger partial charge in [-0.15, -0.1) is 11.3 Å². The lowest BCUT2D eigenvalue weighted by Crippen LogP contribution is -2.10. The summed E-state index contributed by atoms with van der Waals surface area (Å²) in [4.78, 5) is 16.1. The van der Waals surface area contributed by atoms with Crippen molar-refractivity contribution in [1.29, 1.82) is 0 Å². The third kappa shape index (κ3) is 4.81. The van der Waals surface area contributed by atoms with Gasteiger partial charge in [-0.1, -0.05) is 12.1 Å². The van der Waals surface area contributed by atoms with E-state index in [1.165, 1.54) is 17.4 Å². The van der Waals surface area contributed by atoms with Gasteiger partial charge >= 0.3 is 5.97 Å². The zero-order valence-electron chi connectivity index (χ0n) is 13.7. The Bertz CT molecular complexity index is 838. The summed E-state index contributed by atoms with van der Waals surface area (Å²) in [5, 5.41) is 0.771. The van der Waals surface area contributed by atoms with Gasteiger partial charge in [-0.25, -0.2) is 9.78 Å². The van der Waals surface area contributed by atoms with E-state index in [1.54, 1.807) is 25.3 Å². The second kappa shape index (κ2) is 8.30.